The lowest BCUT2D eigenvalue weighted by Crippen LogP contribution is -2.33. The molecule has 0 aliphatic carbocycles. The number of hydrogen-bond acceptors (Lipinski definition) is 7. The molecular weight excluding hydrogens is 519 g/mol. The lowest BCUT2D eigenvalue weighted by Gasteiger charge is -2.34. The summed E-state index contributed by atoms with van der Waals surface area (Å²) in [5.41, 5.74) is 3.32. The van der Waals surface area contributed by atoms with Crippen LogP contribution in [0.3, 0.4) is 0 Å². The van der Waals surface area contributed by atoms with E-state index in [1.807, 2.05) is 33.8 Å². The van der Waals surface area contributed by atoms with Gasteiger partial charge >= 0.3 is 6.18 Å². The molecule has 8 nitrogen and oxygen atoms in total. The van der Waals surface area contributed by atoms with Gasteiger partial charge in [0.05, 0.1) is 10.6 Å². The number of ether oxygens (including phenoxy) is 1. The number of sulfonamides is 1. The zero-order chi connectivity index (χ0) is 27.7. The molecule has 4 rings (SSSR count). The summed E-state index contributed by atoms with van der Waals surface area (Å²) >= 11 is 0. The number of nitrogens with one attached hydrogen (secondary N) is 1. The molecule has 0 saturated carbocycles. The molecule has 0 spiro atoms. The van der Waals surface area contributed by atoms with E-state index in [1.54, 1.807) is 30.3 Å². The summed E-state index contributed by atoms with van der Waals surface area (Å²) in [5.74, 6) is 0.0449. The highest BCUT2D eigenvalue weighted by molar-refractivity contribution is 7.92. The largest absolute Gasteiger partial charge is 0.468 e. The quantitative estimate of drug-likeness (QED) is 0.442. The lowest BCUT2D eigenvalue weighted by molar-refractivity contribution is -0.154. The maximum absolute atomic E-state index is 13.1. The molecule has 3 heterocycles. The number of pyridine rings is 1. The van der Waals surface area contributed by atoms with E-state index in [4.69, 9.17) is 0 Å². The topological polar surface area (TPSA) is 97.3 Å². The van der Waals surface area contributed by atoms with Crippen molar-refractivity contribution >= 4 is 15.8 Å². The van der Waals surface area contributed by atoms with Crippen LogP contribution in [0.25, 0.3) is 0 Å². The number of rotatable bonds is 7. The molecule has 1 aromatic carbocycles. The van der Waals surface area contributed by atoms with E-state index in [2.05, 4.69) is 29.5 Å². The zero-order valence-corrected chi connectivity index (χ0v) is 22.4. The zero-order valence-electron chi connectivity index (χ0n) is 21.6. The van der Waals surface area contributed by atoms with Crippen LogP contribution in [0.5, 0.6) is 5.88 Å². The van der Waals surface area contributed by atoms with Gasteiger partial charge in [0.1, 0.15) is 0 Å². The van der Waals surface area contributed by atoms with E-state index in [0.29, 0.717) is 6.54 Å². The fourth-order valence-corrected chi connectivity index (χ4v) is 5.17. The third-order valence-electron chi connectivity index (χ3n) is 6.37. The highest BCUT2D eigenvalue weighted by Crippen LogP contribution is 2.30. The van der Waals surface area contributed by atoms with Gasteiger partial charge in [-0.25, -0.2) is 13.4 Å². The maximum Gasteiger partial charge on any atom is 0.422 e. The van der Waals surface area contributed by atoms with Crippen molar-refractivity contribution in [1.82, 2.24) is 20.1 Å². The standard InChI is InChI=1S/C26H30F3N5O3S/c1-17(19-6-10-24(30-14-19)37-16-26(27,28)29)34-12-11-18-5-7-21(13-20(18)15-34)38(35,36)33-23-9-8-22(31-32-23)25(2,3)4/h5-10,13-14,17H,11-12,15-16H2,1-4H3,(H,32,33). The molecule has 0 amide bonds. The Balaban J connectivity index is 1.45. The van der Waals surface area contributed by atoms with Crippen LogP contribution in [0.15, 0.2) is 53.6 Å². The van der Waals surface area contributed by atoms with E-state index >= 15 is 0 Å². The van der Waals surface area contributed by atoms with Gasteiger partial charge in [0.15, 0.2) is 12.4 Å². The Morgan fingerprint density at radius 2 is 1.82 bits per heavy atom. The molecule has 1 atom stereocenters. The Morgan fingerprint density at radius 1 is 1.05 bits per heavy atom. The Kier molecular flexibility index (Phi) is 7.67. The Hall–Kier alpha value is -3.25. The summed E-state index contributed by atoms with van der Waals surface area (Å²) in [6, 6.07) is 11.4. The van der Waals surface area contributed by atoms with E-state index in [9.17, 15) is 21.6 Å². The Morgan fingerprint density at radius 3 is 2.42 bits per heavy atom. The molecule has 1 aliphatic rings. The number of nitrogens with zero attached hydrogens (tertiary/aromatic N) is 4. The van der Waals surface area contributed by atoms with Gasteiger partial charge in [-0.1, -0.05) is 32.9 Å². The fraction of sp³-hybridized carbons (Fsp3) is 0.423. The molecule has 1 N–H and O–H groups in total. The first-order valence-corrected chi connectivity index (χ1v) is 13.6. The number of halogens is 3. The van der Waals surface area contributed by atoms with E-state index in [1.165, 1.54) is 12.3 Å². The average molecular weight is 550 g/mol. The van der Waals surface area contributed by atoms with Crippen molar-refractivity contribution in [2.45, 2.75) is 63.2 Å². The first-order chi connectivity index (χ1) is 17.7. The highest BCUT2D eigenvalue weighted by atomic mass is 32.2. The first kappa shape index (κ1) is 27.8. The summed E-state index contributed by atoms with van der Waals surface area (Å²) in [4.78, 5) is 6.29. The van der Waals surface area contributed by atoms with E-state index < -0.39 is 22.8 Å². The van der Waals surface area contributed by atoms with Crippen LogP contribution in [0.4, 0.5) is 19.0 Å². The minimum atomic E-state index is -4.43. The third-order valence-corrected chi connectivity index (χ3v) is 7.73. The smallest absolute Gasteiger partial charge is 0.422 e. The predicted molar refractivity (Wildman–Crippen MR) is 136 cm³/mol. The normalized spacial score (nSPS) is 15.6. The Bertz CT molecular complexity index is 1370. The number of hydrogen-bond donors (Lipinski definition) is 1. The lowest BCUT2D eigenvalue weighted by atomic mass is 9.92. The molecule has 38 heavy (non-hydrogen) atoms. The summed E-state index contributed by atoms with van der Waals surface area (Å²) in [6.07, 6.45) is -2.20. The molecule has 12 heteroatoms. The molecule has 0 bridgehead atoms. The molecule has 0 fully saturated rings. The van der Waals surface area contributed by atoms with Crippen molar-refractivity contribution in [2.24, 2.45) is 0 Å². The maximum atomic E-state index is 13.1. The predicted octanol–water partition coefficient (Wildman–Crippen LogP) is 5.03. The van der Waals surface area contributed by atoms with E-state index in [-0.39, 0.29) is 28.1 Å². The second-order valence-corrected chi connectivity index (χ2v) is 12.0. The number of fused-ring (bicyclic) bond motifs is 1. The fourth-order valence-electron chi connectivity index (χ4n) is 4.13. The summed E-state index contributed by atoms with van der Waals surface area (Å²) in [6.45, 7) is 7.81. The summed E-state index contributed by atoms with van der Waals surface area (Å²) in [5, 5.41) is 8.16. The van der Waals surface area contributed by atoms with Gasteiger partial charge in [0.25, 0.3) is 10.0 Å². The molecule has 3 aromatic rings. The van der Waals surface area contributed by atoms with Gasteiger partial charge in [-0.3, -0.25) is 9.62 Å². The van der Waals surface area contributed by atoms with Gasteiger partial charge in [-0.05, 0) is 54.3 Å². The number of benzene rings is 1. The molecule has 0 saturated heterocycles. The van der Waals surface area contributed by atoms with Gasteiger partial charge in [0.2, 0.25) is 5.88 Å². The van der Waals surface area contributed by atoms with Crippen molar-refractivity contribution in [3.05, 3.63) is 71.0 Å². The number of alkyl halides is 3. The molecule has 1 unspecified atom stereocenters. The van der Waals surface area contributed by atoms with Crippen LogP contribution in [0, 0.1) is 0 Å². The van der Waals surface area contributed by atoms with Crippen LogP contribution in [-0.2, 0) is 28.4 Å². The second kappa shape index (κ2) is 10.5. The van der Waals surface area contributed by atoms with Gasteiger partial charge in [-0.15, -0.1) is 5.10 Å². The van der Waals surface area contributed by atoms with Crippen LogP contribution < -0.4 is 9.46 Å². The van der Waals surface area contributed by atoms with Crippen LogP contribution in [0.1, 0.15) is 56.1 Å². The summed E-state index contributed by atoms with van der Waals surface area (Å²) < 4.78 is 70.4. The first-order valence-electron chi connectivity index (χ1n) is 12.1. The van der Waals surface area contributed by atoms with Crippen molar-refractivity contribution in [3.63, 3.8) is 0 Å². The minimum absolute atomic E-state index is 0.0950. The molecular formula is C26H30F3N5O3S. The van der Waals surface area contributed by atoms with Gasteiger partial charge in [0, 0.05) is 36.8 Å². The molecule has 0 radical (unpaired) electrons. The van der Waals surface area contributed by atoms with Crippen molar-refractivity contribution in [2.75, 3.05) is 17.9 Å². The van der Waals surface area contributed by atoms with Crippen LogP contribution in [0.2, 0.25) is 0 Å². The van der Waals surface area contributed by atoms with Gasteiger partial charge in [-0.2, -0.15) is 18.3 Å². The molecule has 204 valence electrons. The highest BCUT2D eigenvalue weighted by Gasteiger charge is 2.29. The SMILES string of the molecule is CC(c1ccc(OCC(F)(F)F)nc1)N1CCc2ccc(S(=O)(=O)Nc3ccc(C(C)(C)C)nn3)cc2C1. The van der Waals surface area contributed by atoms with E-state index in [0.717, 1.165) is 35.3 Å². The average Bonchev–Trinajstić information content (AvgIpc) is 2.86. The monoisotopic (exact) mass is 549 g/mol. The van der Waals surface area contributed by atoms with Crippen LogP contribution >= 0.6 is 0 Å². The van der Waals surface area contributed by atoms with Crippen molar-refractivity contribution in [3.8, 4) is 5.88 Å². The van der Waals surface area contributed by atoms with Crippen molar-refractivity contribution in [1.29, 1.82) is 0 Å². The number of anilines is 1. The molecule has 2 aromatic heterocycles. The Labute approximate surface area is 220 Å². The van der Waals surface area contributed by atoms with Gasteiger partial charge < -0.3 is 4.74 Å². The minimum Gasteiger partial charge on any atom is -0.468 e. The second-order valence-electron chi connectivity index (χ2n) is 10.3. The number of aromatic nitrogens is 3. The van der Waals surface area contributed by atoms with Crippen LogP contribution in [-0.4, -0.2) is 47.8 Å². The van der Waals surface area contributed by atoms with Crippen molar-refractivity contribution < 1.29 is 26.3 Å². The summed E-state index contributed by atoms with van der Waals surface area (Å²) in [7, 11) is -3.88. The molecule has 1 aliphatic heterocycles. The third kappa shape index (κ3) is 6.79.